The second kappa shape index (κ2) is 5.47. The van der Waals surface area contributed by atoms with Gasteiger partial charge in [0.1, 0.15) is 16.3 Å². The summed E-state index contributed by atoms with van der Waals surface area (Å²) in [6.07, 6.45) is 2.86. The maximum absolute atomic E-state index is 11.0. The predicted octanol–water partition coefficient (Wildman–Crippen LogP) is 1.55. The first-order valence-corrected chi connectivity index (χ1v) is 5.54. The zero-order valence-corrected chi connectivity index (χ0v) is 9.73. The summed E-state index contributed by atoms with van der Waals surface area (Å²) in [5, 5.41) is 17.6. The Labute approximate surface area is 97.5 Å². The highest BCUT2D eigenvalue weighted by Crippen LogP contribution is 2.28. The first-order chi connectivity index (χ1) is 7.56. The third-order valence-electron chi connectivity index (χ3n) is 1.86. The molecule has 0 saturated carbocycles. The molecule has 0 aliphatic rings. The lowest BCUT2D eigenvalue weighted by molar-refractivity contribution is -0.137. The average molecular weight is 237 g/mol. The van der Waals surface area contributed by atoms with Gasteiger partial charge in [0, 0.05) is 12.4 Å². The van der Waals surface area contributed by atoms with Crippen LogP contribution in [-0.2, 0) is 4.79 Å². The number of thioether (sulfide) groups is 1. The van der Waals surface area contributed by atoms with Gasteiger partial charge in [-0.25, -0.2) is 9.97 Å². The average Bonchev–Trinajstić information content (AvgIpc) is 2.25. The summed E-state index contributed by atoms with van der Waals surface area (Å²) in [5.41, 5.74) is 0.166. The molecule has 5 nitrogen and oxygen atoms in total. The molecule has 0 aliphatic carbocycles. The van der Waals surface area contributed by atoms with Crippen molar-refractivity contribution in [3.63, 3.8) is 0 Å². The van der Waals surface area contributed by atoms with E-state index >= 15 is 0 Å². The number of nitriles is 1. The molecule has 16 heavy (non-hydrogen) atoms. The van der Waals surface area contributed by atoms with Gasteiger partial charge >= 0.3 is 5.97 Å². The van der Waals surface area contributed by atoms with Crippen molar-refractivity contribution in [1.82, 2.24) is 9.97 Å². The second-order valence-electron chi connectivity index (χ2n) is 3.44. The van der Waals surface area contributed by atoms with Crippen LogP contribution in [0.3, 0.4) is 0 Å². The smallest absolute Gasteiger partial charge is 0.317 e. The predicted molar refractivity (Wildman–Crippen MR) is 58.9 cm³/mol. The summed E-state index contributed by atoms with van der Waals surface area (Å²) >= 11 is 1.06. The van der Waals surface area contributed by atoms with Crippen molar-refractivity contribution >= 4 is 17.7 Å². The van der Waals surface area contributed by atoms with E-state index in [-0.39, 0.29) is 11.6 Å². The van der Waals surface area contributed by atoms with E-state index in [0.717, 1.165) is 11.8 Å². The summed E-state index contributed by atoms with van der Waals surface area (Å²) < 4.78 is 0. The molecule has 0 saturated heterocycles. The van der Waals surface area contributed by atoms with Crippen LogP contribution in [0, 0.1) is 17.2 Å². The number of nitrogens with zero attached hydrogens (tertiary/aromatic N) is 3. The summed E-state index contributed by atoms with van der Waals surface area (Å²) in [6.45, 7) is 3.63. The number of hydrogen-bond donors (Lipinski definition) is 1. The molecule has 1 atom stereocenters. The maximum Gasteiger partial charge on any atom is 0.317 e. The summed E-state index contributed by atoms with van der Waals surface area (Å²) in [5.74, 6) is -0.953. The van der Waals surface area contributed by atoms with Crippen LogP contribution >= 0.6 is 11.8 Å². The van der Waals surface area contributed by atoms with E-state index < -0.39 is 11.2 Å². The van der Waals surface area contributed by atoms with E-state index in [1.54, 1.807) is 0 Å². The van der Waals surface area contributed by atoms with Gasteiger partial charge in [-0.15, -0.1) is 0 Å². The minimum absolute atomic E-state index is 0.0453. The lowest BCUT2D eigenvalue weighted by atomic mass is 10.1. The van der Waals surface area contributed by atoms with Gasteiger partial charge in [-0.1, -0.05) is 25.6 Å². The number of rotatable bonds is 4. The highest BCUT2D eigenvalue weighted by atomic mass is 32.2. The van der Waals surface area contributed by atoms with Crippen LogP contribution in [-0.4, -0.2) is 26.3 Å². The highest BCUT2D eigenvalue weighted by molar-refractivity contribution is 8.00. The summed E-state index contributed by atoms with van der Waals surface area (Å²) in [4.78, 5) is 18.8. The lowest BCUT2D eigenvalue weighted by Gasteiger charge is -2.14. The first-order valence-electron chi connectivity index (χ1n) is 4.66. The van der Waals surface area contributed by atoms with E-state index in [1.807, 2.05) is 19.9 Å². The maximum atomic E-state index is 11.0. The third kappa shape index (κ3) is 2.94. The quantitative estimate of drug-likeness (QED) is 0.799. The first kappa shape index (κ1) is 12.5. The molecule has 1 aromatic heterocycles. The van der Waals surface area contributed by atoms with E-state index in [9.17, 15) is 4.79 Å². The fourth-order valence-corrected chi connectivity index (χ4v) is 2.03. The van der Waals surface area contributed by atoms with Gasteiger partial charge in [-0.2, -0.15) is 5.26 Å². The lowest BCUT2D eigenvalue weighted by Crippen LogP contribution is -2.22. The Balaban J connectivity index is 2.94. The molecule has 6 heteroatoms. The van der Waals surface area contributed by atoms with Crippen LogP contribution in [0.1, 0.15) is 19.5 Å². The molecule has 1 N–H and O–H groups in total. The van der Waals surface area contributed by atoms with E-state index in [1.165, 1.54) is 12.4 Å². The largest absolute Gasteiger partial charge is 0.480 e. The number of carboxylic acid groups (broad SMARTS) is 1. The number of aliphatic carboxylic acids is 1. The van der Waals surface area contributed by atoms with Crippen LogP contribution in [0.25, 0.3) is 0 Å². The van der Waals surface area contributed by atoms with Gasteiger partial charge in [0.05, 0.1) is 0 Å². The van der Waals surface area contributed by atoms with Gasteiger partial charge in [0.2, 0.25) is 0 Å². The molecule has 0 radical (unpaired) electrons. The Morgan fingerprint density at radius 3 is 2.62 bits per heavy atom. The topological polar surface area (TPSA) is 86.9 Å². The van der Waals surface area contributed by atoms with Crippen LogP contribution < -0.4 is 0 Å². The minimum Gasteiger partial charge on any atom is -0.480 e. The number of aromatic nitrogens is 2. The van der Waals surface area contributed by atoms with Gasteiger partial charge in [-0.3, -0.25) is 4.79 Å². The fourth-order valence-electron chi connectivity index (χ4n) is 1.08. The van der Waals surface area contributed by atoms with Crippen molar-refractivity contribution in [1.29, 1.82) is 5.26 Å². The summed E-state index contributed by atoms with van der Waals surface area (Å²) in [6, 6.07) is 1.89. The Morgan fingerprint density at radius 2 is 2.12 bits per heavy atom. The summed E-state index contributed by atoms with van der Waals surface area (Å²) in [7, 11) is 0. The molecule has 0 amide bonds. The van der Waals surface area contributed by atoms with Crippen LogP contribution in [0.15, 0.2) is 17.4 Å². The SMILES string of the molecule is CC(C)C(Sc1nccnc1C#N)C(=O)O. The van der Waals surface area contributed by atoms with Crippen LogP contribution in [0.4, 0.5) is 0 Å². The monoisotopic (exact) mass is 237 g/mol. The van der Waals surface area contributed by atoms with Crippen molar-refractivity contribution in [2.24, 2.45) is 5.92 Å². The number of carboxylic acids is 1. The molecular formula is C10H11N3O2S. The van der Waals surface area contributed by atoms with Gasteiger partial charge in [0.25, 0.3) is 0 Å². The molecule has 1 rings (SSSR count). The molecule has 1 unspecified atom stereocenters. The molecule has 0 fully saturated rings. The van der Waals surface area contributed by atoms with E-state index in [0.29, 0.717) is 5.03 Å². The Kier molecular flexibility index (Phi) is 4.26. The molecule has 1 aromatic rings. The van der Waals surface area contributed by atoms with Crippen LogP contribution in [0.2, 0.25) is 0 Å². The molecule has 84 valence electrons. The van der Waals surface area contributed by atoms with Gasteiger partial charge in [-0.05, 0) is 5.92 Å². The Bertz CT molecular complexity index is 428. The Hall–Kier alpha value is -1.61. The second-order valence-corrected chi connectivity index (χ2v) is 4.57. The Morgan fingerprint density at radius 1 is 1.50 bits per heavy atom. The van der Waals surface area contributed by atoms with Crippen LogP contribution in [0.5, 0.6) is 0 Å². The van der Waals surface area contributed by atoms with Gasteiger partial charge < -0.3 is 5.11 Å². The molecule has 0 spiro atoms. The molecule has 0 aliphatic heterocycles. The van der Waals surface area contributed by atoms with Crippen molar-refractivity contribution in [3.05, 3.63) is 18.1 Å². The van der Waals surface area contributed by atoms with Crippen molar-refractivity contribution in [2.75, 3.05) is 0 Å². The molecule has 0 bridgehead atoms. The number of hydrogen-bond acceptors (Lipinski definition) is 5. The van der Waals surface area contributed by atoms with Crippen molar-refractivity contribution in [3.8, 4) is 6.07 Å². The van der Waals surface area contributed by atoms with Crippen molar-refractivity contribution in [2.45, 2.75) is 24.1 Å². The van der Waals surface area contributed by atoms with Gasteiger partial charge in [0.15, 0.2) is 5.69 Å². The van der Waals surface area contributed by atoms with E-state index in [2.05, 4.69) is 9.97 Å². The number of carbonyl (C=O) groups is 1. The normalized spacial score (nSPS) is 12.1. The third-order valence-corrected chi connectivity index (χ3v) is 3.38. The van der Waals surface area contributed by atoms with E-state index in [4.69, 9.17) is 10.4 Å². The molecule has 1 heterocycles. The molecular weight excluding hydrogens is 226 g/mol. The molecule has 0 aromatic carbocycles. The standard InChI is InChI=1S/C10H11N3O2S/c1-6(2)8(10(14)15)16-9-7(5-11)12-3-4-13-9/h3-4,6,8H,1-2H3,(H,14,15). The zero-order chi connectivity index (χ0) is 12.1. The minimum atomic E-state index is -0.908. The fraction of sp³-hybridized carbons (Fsp3) is 0.400. The van der Waals surface area contributed by atoms with Crippen molar-refractivity contribution < 1.29 is 9.90 Å². The zero-order valence-electron chi connectivity index (χ0n) is 8.91. The highest BCUT2D eigenvalue weighted by Gasteiger charge is 2.24.